The van der Waals surface area contributed by atoms with E-state index in [2.05, 4.69) is 22.0 Å². The number of nitrogens with two attached hydrogens (primary N) is 1. The van der Waals surface area contributed by atoms with Crippen molar-refractivity contribution in [2.24, 2.45) is 0 Å². The molecule has 5 nitrogen and oxygen atoms in total. The number of benzene rings is 2. The quantitative estimate of drug-likeness (QED) is 0.839. The Hall–Kier alpha value is -2.60. The van der Waals surface area contributed by atoms with Gasteiger partial charge in [0, 0.05) is 37.4 Å². The summed E-state index contributed by atoms with van der Waals surface area (Å²) in [5, 5.41) is 2.88. The number of nitrogens with one attached hydrogen (secondary N) is 1. The molecule has 1 saturated heterocycles. The fraction of sp³-hybridized carbons (Fsp3) is 0.316. The molecule has 1 aliphatic heterocycles. The standard InChI is InChI=1S/C19H23FN4O/c1-2-23-8-10-24(11-9-23)18-7-6-16(21)13-17(18)22-19(25)14-4-3-5-15(20)12-14/h3-7,12-13H,2,8-11,21H2,1H3,(H,22,25). The first-order valence-electron chi connectivity index (χ1n) is 8.50. The molecule has 0 spiro atoms. The normalized spacial score (nSPS) is 15.2. The minimum Gasteiger partial charge on any atom is -0.399 e. The summed E-state index contributed by atoms with van der Waals surface area (Å²) in [6.45, 7) is 6.94. The molecule has 2 aromatic carbocycles. The highest BCUT2D eigenvalue weighted by atomic mass is 19.1. The molecule has 6 heteroatoms. The summed E-state index contributed by atoms with van der Waals surface area (Å²) in [6, 6.07) is 11.2. The number of hydrogen-bond donors (Lipinski definition) is 2. The third-order valence-corrected chi connectivity index (χ3v) is 4.52. The van der Waals surface area contributed by atoms with Crippen molar-refractivity contribution in [2.45, 2.75) is 6.92 Å². The van der Waals surface area contributed by atoms with Crippen LogP contribution in [0.2, 0.25) is 0 Å². The van der Waals surface area contributed by atoms with Crippen molar-refractivity contribution in [3.8, 4) is 0 Å². The third kappa shape index (κ3) is 4.09. The molecule has 3 rings (SSSR count). The predicted octanol–water partition coefficient (Wildman–Crippen LogP) is 2.80. The second kappa shape index (κ2) is 7.53. The van der Waals surface area contributed by atoms with Crippen molar-refractivity contribution in [3.63, 3.8) is 0 Å². The number of piperazine rings is 1. The molecule has 1 fully saturated rings. The van der Waals surface area contributed by atoms with Crippen molar-refractivity contribution < 1.29 is 9.18 Å². The maximum Gasteiger partial charge on any atom is 0.255 e. The van der Waals surface area contributed by atoms with Crippen molar-refractivity contribution >= 4 is 23.0 Å². The molecule has 0 radical (unpaired) electrons. The Morgan fingerprint density at radius 2 is 1.92 bits per heavy atom. The molecule has 1 heterocycles. The topological polar surface area (TPSA) is 61.6 Å². The molecule has 0 bridgehead atoms. The third-order valence-electron chi connectivity index (χ3n) is 4.52. The average Bonchev–Trinajstić information content (AvgIpc) is 2.62. The minimum atomic E-state index is -0.434. The summed E-state index contributed by atoms with van der Waals surface area (Å²) in [5.41, 5.74) is 8.35. The van der Waals surface area contributed by atoms with Crippen LogP contribution in [-0.2, 0) is 0 Å². The van der Waals surface area contributed by atoms with E-state index in [1.807, 2.05) is 12.1 Å². The van der Waals surface area contributed by atoms with Gasteiger partial charge in [-0.25, -0.2) is 4.39 Å². The highest BCUT2D eigenvalue weighted by Gasteiger charge is 2.19. The van der Waals surface area contributed by atoms with Gasteiger partial charge in [-0.15, -0.1) is 0 Å². The first kappa shape index (κ1) is 17.2. The summed E-state index contributed by atoms with van der Waals surface area (Å²) in [6.07, 6.45) is 0. The molecular weight excluding hydrogens is 319 g/mol. The zero-order chi connectivity index (χ0) is 17.8. The first-order chi connectivity index (χ1) is 12.1. The van der Waals surface area contributed by atoms with Gasteiger partial charge in [-0.2, -0.15) is 0 Å². The number of halogens is 1. The van der Waals surface area contributed by atoms with Gasteiger partial charge in [0.1, 0.15) is 5.82 Å². The van der Waals surface area contributed by atoms with Crippen LogP contribution in [0.25, 0.3) is 0 Å². The Kier molecular flexibility index (Phi) is 5.19. The number of carbonyl (C=O) groups excluding carboxylic acids is 1. The van der Waals surface area contributed by atoms with E-state index in [0.29, 0.717) is 11.4 Å². The van der Waals surface area contributed by atoms with E-state index in [9.17, 15) is 9.18 Å². The average molecular weight is 342 g/mol. The van der Waals surface area contributed by atoms with Crippen LogP contribution < -0.4 is 16.0 Å². The van der Waals surface area contributed by atoms with Crippen LogP contribution in [0.3, 0.4) is 0 Å². The lowest BCUT2D eigenvalue weighted by atomic mass is 10.1. The van der Waals surface area contributed by atoms with Gasteiger partial charge in [-0.3, -0.25) is 4.79 Å². The molecule has 0 saturated carbocycles. The smallest absolute Gasteiger partial charge is 0.255 e. The second-order valence-electron chi connectivity index (χ2n) is 6.16. The van der Waals surface area contributed by atoms with Gasteiger partial charge in [0.25, 0.3) is 5.91 Å². The molecule has 0 aliphatic carbocycles. The van der Waals surface area contributed by atoms with Gasteiger partial charge in [0.2, 0.25) is 0 Å². The lowest BCUT2D eigenvalue weighted by Crippen LogP contribution is -2.46. The molecule has 1 aliphatic rings. The summed E-state index contributed by atoms with van der Waals surface area (Å²) in [4.78, 5) is 17.1. The zero-order valence-corrected chi connectivity index (χ0v) is 14.3. The van der Waals surface area contributed by atoms with Gasteiger partial charge < -0.3 is 20.9 Å². The molecule has 1 amide bonds. The minimum absolute atomic E-state index is 0.282. The van der Waals surface area contributed by atoms with Crippen LogP contribution in [0.15, 0.2) is 42.5 Å². The summed E-state index contributed by atoms with van der Waals surface area (Å²) < 4.78 is 13.4. The largest absolute Gasteiger partial charge is 0.399 e. The van der Waals surface area contributed by atoms with Crippen LogP contribution in [-0.4, -0.2) is 43.5 Å². The fourth-order valence-electron chi connectivity index (χ4n) is 3.06. The van der Waals surface area contributed by atoms with Crippen LogP contribution in [0.5, 0.6) is 0 Å². The van der Waals surface area contributed by atoms with Crippen molar-refractivity contribution in [1.82, 2.24) is 4.90 Å². The van der Waals surface area contributed by atoms with E-state index in [0.717, 1.165) is 38.4 Å². The maximum atomic E-state index is 13.4. The van der Waals surface area contributed by atoms with Gasteiger partial charge in [0.05, 0.1) is 11.4 Å². The van der Waals surface area contributed by atoms with Crippen LogP contribution >= 0.6 is 0 Å². The highest BCUT2D eigenvalue weighted by molar-refractivity contribution is 6.06. The molecular formula is C19H23FN4O. The Balaban J connectivity index is 1.81. The Bertz CT molecular complexity index is 757. The summed E-state index contributed by atoms with van der Waals surface area (Å²) in [7, 11) is 0. The van der Waals surface area contributed by atoms with E-state index in [1.165, 1.54) is 18.2 Å². The van der Waals surface area contributed by atoms with Gasteiger partial charge in [-0.05, 0) is 42.9 Å². The summed E-state index contributed by atoms with van der Waals surface area (Å²) >= 11 is 0. The van der Waals surface area contributed by atoms with Gasteiger partial charge >= 0.3 is 0 Å². The van der Waals surface area contributed by atoms with E-state index >= 15 is 0 Å². The van der Waals surface area contributed by atoms with Crippen LogP contribution in [0, 0.1) is 5.82 Å². The Morgan fingerprint density at radius 1 is 1.16 bits per heavy atom. The van der Waals surface area contributed by atoms with Crippen molar-refractivity contribution in [2.75, 3.05) is 48.7 Å². The summed E-state index contributed by atoms with van der Waals surface area (Å²) in [5.74, 6) is -0.783. The number of carbonyl (C=O) groups is 1. The highest BCUT2D eigenvalue weighted by Crippen LogP contribution is 2.29. The zero-order valence-electron chi connectivity index (χ0n) is 14.3. The monoisotopic (exact) mass is 342 g/mol. The Labute approximate surface area is 147 Å². The van der Waals surface area contributed by atoms with Crippen molar-refractivity contribution in [3.05, 3.63) is 53.8 Å². The van der Waals surface area contributed by atoms with Gasteiger partial charge in [0.15, 0.2) is 0 Å². The molecule has 0 aromatic heterocycles. The van der Waals surface area contributed by atoms with E-state index in [-0.39, 0.29) is 11.5 Å². The number of amides is 1. The SMILES string of the molecule is CCN1CCN(c2ccc(N)cc2NC(=O)c2cccc(F)c2)CC1. The molecule has 0 atom stereocenters. The lowest BCUT2D eigenvalue weighted by molar-refractivity contribution is 0.102. The number of nitrogens with zero attached hydrogens (tertiary/aromatic N) is 2. The van der Waals surface area contributed by atoms with E-state index < -0.39 is 5.82 Å². The molecule has 132 valence electrons. The second-order valence-corrected chi connectivity index (χ2v) is 6.16. The molecule has 25 heavy (non-hydrogen) atoms. The number of hydrogen-bond acceptors (Lipinski definition) is 4. The number of anilines is 3. The van der Waals surface area contributed by atoms with Crippen LogP contribution in [0.1, 0.15) is 17.3 Å². The predicted molar refractivity (Wildman–Crippen MR) is 99.5 cm³/mol. The Morgan fingerprint density at radius 3 is 2.60 bits per heavy atom. The van der Waals surface area contributed by atoms with Crippen molar-refractivity contribution in [1.29, 1.82) is 0 Å². The fourth-order valence-corrected chi connectivity index (χ4v) is 3.06. The van der Waals surface area contributed by atoms with Gasteiger partial charge in [-0.1, -0.05) is 13.0 Å². The van der Waals surface area contributed by atoms with E-state index in [4.69, 9.17) is 5.73 Å². The lowest BCUT2D eigenvalue weighted by Gasteiger charge is -2.36. The van der Waals surface area contributed by atoms with E-state index in [1.54, 1.807) is 12.1 Å². The molecule has 0 unspecified atom stereocenters. The maximum absolute atomic E-state index is 13.4. The molecule has 3 N–H and O–H groups in total. The van der Waals surface area contributed by atoms with Crippen LogP contribution in [0.4, 0.5) is 21.5 Å². The molecule has 2 aromatic rings. The number of likely N-dealkylation sites (N-methyl/N-ethyl adjacent to an activating group) is 1. The number of rotatable bonds is 4. The number of nitrogen functional groups attached to an aromatic ring is 1. The first-order valence-corrected chi connectivity index (χ1v) is 8.50.